The zero-order valence-corrected chi connectivity index (χ0v) is 14.2. The van der Waals surface area contributed by atoms with Crippen LogP contribution < -0.4 is 14.8 Å². The molecule has 0 bridgehead atoms. The second kappa shape index (κ2) is 6.67. The Hall–Kier alpha value is -3.09. The van der Waals surface area contributed by atoms with Gasteiger partial charge >= 0.3 is 5.97 Å². The second-order valence-corrected chi connectivity index (χ2v) is 6.23. The normalized spacial score (nSPS) is 20.7. The molecule has 6 nitrogen and oxygen atoms in total. The van der Waals surface area contributed by atoms with Crippen LogP contribution in [0.25, 0.3) is 0 Å². The van der Waals surface area contributed by atoms with Gasteiger partial charge in [0.25, 0.3) is 5.91 Å². The first-order valence-electron chi connectivity index (χ1n) is 8.05. The summed E-state index contributed by atoms with van der Waals surface area (Å²) in [6.07, 6.45) is -1.64. The first kappa shape index (κ1) is 17.7. The summed E-state index contributed by atoms with van der Waals surface area (Å²) in [5.41, 5.74) is -1.50. The van der Waals surface area contributed by atoms with Gasteiger partial charge in [0.2, 0.25) is 6.10 Å². The molecule has 0 saturated heterocycles. The molecule has 0 saturated carbocycles. The van der Waals surface area contributed by atoms with Crippen molar-refractivity contribution in [2.24, 2.45) is 0 Å². The van der Waals surface area contributed by atoms with E-state index in [-0.39, 0.29) is 5.56 Å². The van der Waals surface area contributed by atoms with Crippen LogP contribution in [0.3, 0.4) is 0 Å². The van der Waals surface area contributed by atoms with E-state index in [0.717, 1.165) is 12.1 Å². The van der Waals surface area contributed by atoms with E-state index in [0.29, 0.717) is 11.5 Å². The molecule has 7 heteroatoms. The molecular formula is C19H18FNO5. The lowest BCUT2D eigenvalue weighted by Crippen LogP contribution is -2.57. The van der Waals surface area contributed by atoms with Gasteiger partial charge in [0.1, 0.15) is 11.9 Å². The number of carboxylic acid groups (broad SMARTS) is 1. The highest BCUT2D eigenvalue weighted by atomic mass is 19.1. The molecule has 1 amide bonds. The molecule has 0 aromatic heterocycles. The van der Waals surface area contributed by atoms with Crippen molar-refractivity contribution in [1.29, 1.82) is 0 Å². The van der Waals surface area contributed by atoms with E-state index in [1.54, 1.807) is 31.2 Å². The fourth-order valence-electron chi connectivity index (χ4n) is 2.76. The Labute approximate surface area is 149 Å². The topological polar surface area (TPSA) is 84.9 Å². The number of fused-ring (bicyclic) bond motifs is 1. The summed E-state index contributed by atoms with van der Waals surface area (Å²) in [5.74, 6) is -1.49. The highest BCUT2D eigenvalue weighted by Gasteiger charge is 2.42. The summed E-state index contributed by atoms with van der Waals surface area (Å²) in [7, 11) is 0. The lowest BCUT2D eigenvalue weighted by molar-refractivity contribution is -0.150. The number of para-hydroxylation sites is 2. The Kier molecular flexibility index (Phi) is 4.54. The van der Waals surface area contributed by atoms with Crippen LogP contribution in [0.5, 0.6) is 11.5 Å². The van der Waals surface area contributed by atoms with Gasteiger partial charge in [-0.2, -0.15) is 0 Å². The van der Waals surface area contributed by atoms with Gasteiger partial charge in [-0.15, -0.1) is 0 Å². The van der Waals surface area contributed by atoms with Gasteiger partial charge in [-0.1, -0.05) is 24.3 Å². The Morgan fingerprint density at radius 1 is 1.08 bits per heavy atom. The number of aliphatic carboxylic acids is 1. The van der Waals surface area contributed by atoms with Crippen LogP contribution in [0.2, 0.25) is 0 Å². The summed E-state index contributed by atoms with van der Waals surface area (Å²) < 4.78 is 24.5. The Balaban J connectivity index is 1.85. The van der Waals surface area contributed by atoms with E-state index in [9.17, 15) is 19.1 Å². The average molecular weight is 359 g/mol. The molecule has 2 N–H and O–H groups in total. The number of hydrogen-bond donors (Lipinski definition) is 2. The van der Waals surface area contributed by atoms with Crippen molar-refractivity contribution in [1.82, 2.24) is 5.32 Å². The summed E-state index contributed by atoms with van der Waals surface area (Å²) >= 11 is 0. The van der Waals surface area contributed by atoms with Gasteiger partial charge in [0, 0.05) is 0 Å². The Morgan fingerprint density at radius 2 is 1.65 bits per heavy atom. The summed E-state index contributed by atoms with van der Waals surface area (Å²) in [4.78, 5) is 24.5. The minimum Gasteiger partial charge on any atom is -0.482 e. The van der Waals surface area contributed by atoms with Gasteiger partial charge < -0.3 is 19.9 Å². The van der Waals surface area contributed by atoms with E-state index in [1.165, 1.54) is 19.1 Å². The van der Waals surface area contributed by atoms with Crippen molar-refractivity contribution in [3.8, 4) is 11.5 Å². The van der Waals surface area contributed by atoms with Crippen LogP contribution in [0, 0.1) is 5.82 Å². The van der Waals surface area contributed by atoms with Crippen molar-refractivity contribution in [2.75, 3.05) is 0 Å². The molecule has 1 aliphatic rings. The number of rotatable bonds is 4. The fourth-order valence-corrected chi connectivity index (χ4v) is 2.76. The molecule has 0 spiro atoms. The van der Waals surface area contributed by atoms with Gasteiger partial charge in [-0.25, -0.2) is 9.18 Å². The third-order valence-corrected chi connectivity index (χ3v) is 4.32. The van der Waals surface area contributed by atoms with E-state index in [1.807, 2.05) is 0 Å². The van der Waals surface area contributed by atoms with Gasteiger partial charge in [-0.3, -0.25) is 4.79 Å². The number of hydrogen-bond acceptors (Lipinski definition) is 4. The van der Waals surface area contributed by atoms with Crippen molar-refractivity contribution in [2.45, 2.75) is 31.6 Å². The molecule has 1 heterocycles. The summed E-state index contributed by atoms with van der Waals surface area (Å²) in [5, 5.41) is 12.1. The van der Waals surface area contributed by atoms with Crippen LogP contribution in [0.4, 0.5) is 4.39 Å². The third-order valence-electron chi connectivity index (χ3n) is 4.32. The van der Waals surface area contributed by atoms with Gasteiger partial charge in [0.15, 0.2) is 17.0 Å². The molecule has 2 aromatic rings. The van der Waals surface area contributed by atoms with E-state index < -0.39 is 35.4 Å². The van der Waals surface area contributed by atoms with Crippen molar-refractivity contribution >= 4 is 11.9 Å². The molecule has 3 atom stereocenters. The Bertz CT molecular complexity index is 838. The maximum absolute atomic E-state index is 13.1. The standard InChI is InChI=1S/C19H18FNO5/c1-11-16(26-15-6-4-3-5-14(15)25-11)17(22)21-19(2,18(23)24)12-7-9-13(20)10-8-12/h3-11,16H,1-2H3,(H,21,22)(H,23,24). The first-order chi connectivity index (χ1) is 12.3. The molecule has 0 aliphatic carbocycles. The van der Waals surface area contributed by atoms with Crippen molar-refractivity contribution < 1.29 is 28.6 Å². The molecule has 2 aromatic carbocycles. The number of halogens is 1. The zero-order chi connectivity index (χ0) is 18.9. The highest BCUT2D eigenvalue weighted by Crippen LogP contribution is 2.34. The van der Waals surface area contributed by atoms with Crippen molar-refractivity contribution in [3.05, 3.63) is 59.9 Å². The van der Waals surface area contributed by atoms with E-state index >= 15 is 0 Å². The molecule has 3 rings (SSSR count). The number of carboxylic acids is 1. The lowest BCUT2D eigenvalue weighted by Gasteiger charge is -2.34. The minimum absolute atomic E-state index is 0.240. The quantitative estimate of drug-likeness (QED) is 0.876. The number of ether oxygens (including phenoxy) is 2. The molecule has 136 valence electrons. The maximum Gasteiger partial charge on any atom is 0.333 e. The van der Waals surface area contributed by atoms with Crippen LogP contribution in [0.1, 0.15) is 19.4 Å². The smallest absolute Gasteiger partial charge is 0.333 e. The fraction of sp³-hybridized carbons (Fsp3) is 0.263. The lowest BCUT2D eigenvalue weighted by atomic mass is 9.91. The van der Waals surface area contributed by atoms with Gasteiger partial charge in [-0.05, 0) is 43.7 Å². The number of benzene rings is 2. The van der Waals surface area contributed by atoms with Gasteiger partial charge in [0.05, 0.1) is 0 Å². The van der Waals surface area contributed by atoms with Crippen LogP contribution in [0.15, 0.2) is 48.5 Å². The monoisotopic (exact) mass is 359 g/mol. The maximum atomic E-state index is 13.1. The number of carbonyl (C=O) groups is 2. The summed E-state index contributed by atoms with van der Waals surface area (Å²) in [6.45, 7) is 3.00. The molecular weight excluding hydrogens is 341 g/mol. The average Bonchev–Trinajstić information content (AvgIpc) is 2.61. The SMILES string of the molecule is CC1Oc2ccccc2OC1C(=O)NC(C)(C(=O)O)c1ccc(F)cc1. The molecule has 0 radical (unpaired) electrons. The number of carbonyl (C=O) groups excluding carboxylic acids is 1. The largest absolute Gasteiger partial charge is 0.482 e. The summed E-state index contributed by atoms with van der Waals surface area (Å²) in [6, 6.07) is 11.8. The first-order valence-corrected chi connectivity index (χ1v) is 8.05. The highest BCUT2D eigenvalue weighted by molar-refractivity contribution is 5.90. The zero-order valence-electron chi connectivity index (χ0n) is 14.2. The molecule has 0 fully saturated rings. The third kappa shape index (κ3) is 3.20. The second-order valence-electron chi connectivity index (χ2n) is 6.23. The molecule has 3 unspecified atom stereocenters. The van der Waals surface area contributed by atoms with E-state index in [2.05, 4.69) is 5.32 Å². The van der Waals surface area contributed by atoms with Crippen LogP contribution in [-0.2, 0) is 15.1 Å². The van der Waals surface area contributed by atoms with E-state index in [4.69, 9.17) is 9.47 Å². The molecule has 1 aliphatic heterocycles. The predicted octanol–water partition coefficient (Wildman–Crippen LogP) is 2.47. The van der Waals surface area contributed by atoms with Crippen LogP contribution >= 0.6 is 0 Å². The van der Waals surface area contributed by atoms with Crippen LogP contribution in [-0.4, -0.2) is 29.2 Å². The predicted molar refractivity (Wildman–Crippen MR) is 90.5 cm³/mol. The number of amides is 1. The Morgan fingerprint density at radius 3 is 2.23 bits per heavy atom. The minimum atomic E-state index is -1.75. The van der Waals surface area contributed by atoms with Crippen molar-refractivity contribution in [3.63, 3.8) is 0 Å². The number of nitrogens with one attached hydrogen (secondary N) is 1. The molecule has 26 heavy (non-hydrogen) atoms.